The van der Waals surface area contributed by atoms with Gasteiger partial charge in [-0.1, -0.05) is 19.8 Å². The number of hydrogen-bond acceptors (Lipinski definition) is 2. The zero-order valence-electron chi connectivity index (χ0n) is 10.6. The molecule has 1 aromatic rings. The highest BCUT2D eigenvalue weighted by Crippen LogP contribution is 2.23. The first-order valence-electron chi connectivity index (χ1n) is 6.40. The summed E-state index contributed by atoms with van der Waals surface area (Å²) in [5.41, 5.74) is 1.60. The predicted octanol–water partition coefficient (Wildman–Crippen LogP) is 2.70. The third kappa shape index (κ3) is 3.05. The second-order valence-electron chi connectivity index (χ2n) is 5.03. The van der Waals surface area contributed by atoms with Gasteiger partial charge in [-0.15, -0.1) is 0 Å². The van der Waals surface area contributed by atoms with Crippen LogP contribution >= 0.6 is 0 Å². The van der Waals surface area contributed by atoms with Crippen molar-refractivity contribution in [3.8, 4) is 0 Å². The van der Waals surface area contributed by atoms with Gasteiger partial charge in [0.05, 0.1) is 5.56 Å². The Bertz CT molecular complexity index is 386. The summed E-state index contributed by atoms with van der Waals surface area (Å²) in [6.45, 7) is 4.14. The number of carbonyl (C=O) groups excluding carboxylic acids is 1. The highest BCUT2D eigenvalue weighted by molar-refractivity contribution is 5.94. The molecule has 2 rings (SSSR count). The largest absolute Gasteiger partial charge is 0.349 e. The van der Waals surface area contributed by atoms with Crippen LogP contribution in [0.2, 0.25) is 0 Å². The Morgan fingerprint density at radius 1 is 1.35 bits per heavy atom. The average molecular weight is 232 g/mol. The maximum atomic E-state index is 12.0. The number of hydrogen-bond donors (Lipinski definition) is 1. The van der Waals surface area contributed by atoms with Crippen LogP contribution in [0.3, 0.4) is 0 Å². The third-order valence-corrected chi connectivity index (χ3v) is 3.60. The Hall–Kier alpha value is -1.38. The fourth-order valence-corrected chi connectivity index (χ4v) is 2.38. The predicted molar refractivity (Wildman–Crippen MR) is 67.9 cm³/mol. The second-order valence-corrected chi connectivity index (χ2v) is 5.03. The van der Waals surface area contributed by atoms with Crippen LogP contribution in [0.1, 0.15) is 48.7 Å². The van der Waals surface area contributed by atoms with Crippen molar-refractivity contribution < 1.29 is 4.79 Å². The number of aryl methyl sites for hydroxylation is 1. The average Bonchev–Trinajstić information content (AvgIpc) is 2.33. The molecule has 0 saturated heterocycles. The van der Waals surface area contributed by atoms with Gasteiger partial charge in [0.15, 0.2) is 0 Å². The normalized spacial score (nSPS) is 24.4. The van der Waals surface area contributed by atoms with Gasteiger partial charge in [0.2, 0.25) is 0 Å². The van der Waals surface area contributed by atoms with E-state index in [1.54, 1.807) is 6.20 Å². The molecule has 1 fully saturated rings. The van der Waals surface area contributed by atoms with E-state index in [1.165, 1.54) is 19.3 Å². The molecule has 3 heteroatoms. The molecular weight excluding hydrogens is 212 g/mol. The molecule has 1 saturated carbocycles. The topological polar surface area (TPSA) is 42.0 Å². The molecule has 3 nitrogen and oxygen atoms in total. The summed E-state index contributed by atoms with van der Waals surface area (Å²) < 4.78 is 0. The Morgan fingerprint density at radius 2 is 2.12 bits per heavy atom. The zero-order valence-corrected chi connectivity index (χ0v) is 10.6. The van der Waals surface area contributed by atoms with Crippen molar-refractivity contribution in [2.75, 3.05) is 0 Å². The first-order valence-corrected chi connectivity index (χ1v) is 6.40. The van der Waals surface area contributed by atoms with Gasteiger partial charge in [-0.3, -0.25) is 9.78 Å². The first-order chi connectivity index (χ1) is 8.16. The maximum absolute atomic E-state index is 12.0. The number of nitrogens with zero attached hydrogens (tertiary/aromatic N) is 1. The summed E-state index contributed by atoms with van der Waals surface area (Å²) in [5, 5.41) is 3.13. The standard InChI is InChI=1S/C14H20N2O/c1-10-5-3-4-6-13(10)16-14(17)12-8-7-11(2)15-9-12/h7-10,13H,3-6H2,1-2H3,(H,16,17). The van der Waals surface area contributed by atoms with Crippen LogP contribution in [-0.2, 0) is 0 Å². The first kappa shape index (κ1) is 12.1. The number of aromatic nitrogens is 1. The minimum absolute atomic E-state index is 0.0104. The van der Waals surface area contributed by atoms with Crippen molar-refractivity contribution in [1.29, 1.82) is 0 Å². The van der Waals surface area contributed by atoms with E-state index in [0.717, 1.165) is 12.1 Å². The molecule has 1 aliphatic carbocycles. The lowest BCUT2D eigenvalue weighted by Gasteiger charge is -2.29. The zero-order chi connectivity index (χ0) is 12.3. The van der Waals surface area contributed by atoms with Crippen LogP contribution in [0.5, 0.6) is 0 Å². The van der Waals surface area contributed by atoms with Crippen LogP contribution in [-0.4, -0.2) is 16.9 Å². The Balaban J connectivity index is 1.98. The van der Waals surface area contributed by atoms with E-state index in [-0.39, 0.29) is 5.91 Å². The quantitative estimate of drug-likeness (QED) is 0.851. The molecule has 1 amide bonds. The van der Waals surface area contributed by atoms with Gasteiger partial charge in [0.1, 0.15) is 0 Å². The van der Waals surface area contributed by atoms with E-state index >= 15 is 0 Å². The second kappa shape index (κ2) is 5.30. The van der Waals surface area contributed by atoms with Crippen molar-refractivity contribution >= 4 is 5.91 Å². The molecular formula is C14H20N2O. The minimum atomic E-state index is 0.0104. The Labute approximate surface area is 103 Å². The van der Waals surface area contributed by atoms with Gasteiger partial charge in [-0.25, -0.2) is 0 Å². The molecule has 17 heavy (non-hydrogen) atoms. The molecule has 1 heterocycles. The van der Waals surface area contributed by atoms with Crippen molar-refractivity contribution in [3.05, 3.63) is 29.6 Å². The summed E-state index contributed by atoms with van der Waals surface area (Å²) in [5.74, 6) is 0.599. The Kier molecular flexibility index (Phi) is 3.77. The van der Waals surface area contributed by atoms with Gasteiger partial charge < -0.3 is 5.32 Å². The van der Waals surface area contributed by atoms with Crippen molar-refractivity contribution in [2.24, 2.45) is 5.92 Å². The lowest BCUT2D eigenvalue weighted by Crippen LogP contribution is -2.41. The van der Waals surface area contributed by atoms with Gasteiger partial charge in [0, 0.05) is 17.9 Å². The fraction of sp³-hybridized carbons (Fsp3) is 0.571. The van der Waals surface area contributed by atoms with Gasteiger partial charge in [-0.2, -0.15) is 0 Å². The lowest BCUT2D eigenvalue weighted by molar-refractivity contribution is 0.0910. The Morgan fingerprint density at radius 3 is 2.76 bits per heavy atom. The van der Waals surface area contributed by atoms with Crippen LogP contribution in [0.4, 0.5) is 0 Å². The third-order valence-electron chi connectivity index (χ3n) is 3.60. The number of amides is 1. The molecule has 92 valence electrons. The van der Waals surface area contributed by atoms with E-state index in [0.29, 0.717) is 17.5 Å². The number of carbonyl (C=O) groups is 1. The molecule has 2 atom stereocenters. The summed E-state index contributed by atoms with van der Waals surface area (Å²) in [6.07, 6.45) is 6.49. The number of rotatable bonds is 2. The van der Waals surface area contributed by atoms with Crippen LogP contribution in [0.25, 0.3) is 0 Å². The summed E-state index contributed by atoms with van der Waals surface area (Å²) in [6, 6.07) is 4.04. The van der Waals surface area contributed by atoms with E-state index in [9.17, 15) is 4.79 Å². The van der Waals surface area contributed by atoms with Crippen molar-refractivity contribution in [3.63, 3.8) is 0 Å². The molecule has 0 spiro atoms. The van der Waals surface area contributed by atoms with Crippen LogP contribution in [0, 0.1) is 12.8 Å². The minimum Gasteiger partial charge on any atom is -0.349 e. The molecule has 0 aromatic carbocycles. The van der Waals surface area contributed by atoms with Crippen molar-refractivity contribution in [1.82, 2.24) is 10.3 Å². The highest BCUT2D eigenvalue weighted by Gasteiger charge is 2.23. The SMILES string of the molecule is Cc1ccc(C(=O)NC2CCCCC2C)cn1. The van der Waals surface area contributed by atoms with E-state index in [4.69, 9.17) is 0 Å². The van der Waals surface area contributed by atoms with Gasteiger partial charge >= 0.3 is 0 Å². The molecule has 1 aromatic heterocycles. The molecule has 2 unspecified atom stereocenters. The van der Waals surface area contributed by atoms with E-state index in [2.05, 4.69) is 17.2 Å². The molecule has 1 N–H and O–H groups in total. The molecule has 0 aliphatic heterocycles. The molecule has 0 radical (unpaired) electrons. The van der Waals surface area contributed by atoms with E-state index in [1.807, 2.05) is 19.1 Å². The van der Waals surface area contributed by atoms with Crippen molar-refractivity contribution in [2.45, 2.75) is 45.6 Å². The maximum Gasteiger partial charge on any atom is 0.253 e. The van der Waals surface area contributed by atoms with E-state index < -0.39 is 0 Å². The summed E-state index contributed by atoms with van der Waals surface area (Å²) in [4.78, 5) is 16.2. The molecule has 0 bridgehead atoms. The lowest BCUT2D eigenvalue weighted by atomic mass is 9.86. The smallest absolute Gasteiger partial charge is 0.253 e. The summed E-state index contributed by atoms with van der Waals surface area (Å²) >= 11 is 0. The molecule has 1 aliphatic rings. The van der Waals surface area contributed by atoms with Crippen LogP contribution < -0.4 is 5.32 Å². The fourth-order valence-electron chi connectivity index (χ4n) is 2.38. The summed E-state index contributed by atoms with van der Waals surface area (Å²) in [7, 11) is 0. The highest BCUT2D eigenvalue weighted by atomic mass is 16.1. The number of pyridine rings is 1. The van der Waals surface area contributed by atoms with Crippen LogP contribution in [0.15, 0.2) is 18.3 Å². The van der Waals surface area contributed by atoms with Gasteiger partial charge in [0.25, 0.3) is 5.91 Å². The number of nitrogens with one attached hydrogen (secondary N) is 1. The monoisotopic (exact) mass is 232 g/mol. The van der Waals surface area contributed by atoms with Gasteiger partial charge in [-0.05, 0) is 37.8 Å².